The smallest absolute Gasteiger partial charge is 0.262 e. The van der Waals surface area contributed by atoms with Gasteiger partial charge < -0.3 is 4.57 Å². The largest absolute Gasteiger partial charge is 0.358 e. The van der Waals surface area contributed by atoms with Gasteiger partial charge in [0.15, 0.2) is 0 Å². The highest BCUT2D eigenvalue weighted by atomic mass is 19.3. The molecule has 1 aliphatic heterocycles. The number of benzene rings is 1. The third-order valence-corrected chi connectivity index (χ3v) is 4.56. The van der Waals surface area contributed by atoms with E-state index < -0.39 is 5.92 Å². The van der Waals surface area contributed by atoms with Crippen LogP contribution < -0.4 is 0 Å². The molecule has 2 aromatic rings. The van der Waals surface area contributed by atoms with E-state index in [-0.39, 0.29) is 19.0 Å². The molecule has 1 fully saturated rings. The lowest BCUT2D eigenvalue weighted by molar-refractivity contribution is -0.0837. The van der Waals surface area contributed by atoms with Crippen LogP contribution in [0.4, 0.5) is 14.5 Å². The van der Waals surface area contributed by atoms with Crippen molar-refractivity contribution in [1.82, 2.24) is 9.47 Å². The Labute approximate surface area is 141 Å². The molecule has 1 atom stereocenters. The Hall–Kier alpha value is -2.19. The molecule has 0 radical (unpaired) electrons. The van der Waals surface area contributed by atoms with Gasteiger partial charge in [-0.3, -0.25) is 4.90 Å². The number of nitrogens with zero attached hydrogens (tertiary/aromatic N) is 3. The Kier molecular flexibility index (Phi) is 4.68. The predicted octanol–water partition coefficient (Wildman–Crippen LogP) is 4.68. The molecule has 0 aliphatic carbocycles. The summed E-state index contributed by atoms with van der Waals surface area (Å²) in [6, 6.07) is 11.1. The maximum Gasteiger partial charge on any atom is 0.262 e. The lowest BCUT2D eigenvalue weighted by atomic mass is 10.0. The molecule has 3 nitrogen and oxygen atoms in total. The molecule has 2 heterocycles. The molecule has 3 rings (SSSR count). The number of hydrogen-bond donors (Lipinski definition) is 0. The lowest BCUT2D eigenvalue weighted by Crippen LogP contribution is -2.47. The zero-order valence-corrected chi connectivity index (χ0v) is 13.8. The summed E-state index contributed by atoms with van der Waals surface area (Å²) in [5.74, 6) is -2.72. The van der Waals surface area contributed by atoms with Crippen molar-refractivity contribution in [1.29, 1.82) is 0 Å². The predicted molar refractivity (Wildman–Crippen MR) is 90.4 cm³/mol. The molecule has 0 spiro atoms. The van der Waals surface area contributed by atoms with Gasteiger partial charge in [0.25, 0.3) is 5.92 Å². The van der Waals surface area contributed by atoms with E-state index in [9.17, 15) is 8.78 Å². The monoisotopic (exact) mass is 329 g/mol. The Bertz CT molecular complexity index is 731. The number of rotatable bonds is 4. The normalized spacial score (nSPS) is 20.7. The van der Waals surface area contributed by atoms with Gasteiger partial charge in [-0.2, -0.15) is 0 Å². The Morgan fingerprint density at radius 1 is 1.25 bits per heavy atom. The second-order valence-corrected chi connectivity index (χ2v) is 6.39. The average molecular weight is 329 g/mol. The van der Waals surface area contributed by atoms with Crippen LogP contribution in [0.5, 0.6) is 0 Å². The van der Waals surface area contributed by atoms with Crippen LogP contribution in [0.2, 0.25) is 0 Å². The van der Waals surface area contributed by atoms with Crippen LogP contribution in [-0.4, -0.2) is 28.5 Å². The second-order valence-electron chi connectivity index (χ2n) is 6.39. The Morgan fingerprint density at radius 3 is 2.67 bits per heavy atom. The molecule has 1 aromatic heterocycles. The van der Waals surface area contributed by atoms with Crippen LogP contribution in [0.15, 0.2) is 42.6 Å². The van der Waals surface area contributed by atoms with Crippen molar-refractivity contribution in [2.45, 2.75) is 38.3 Å². The van der Waals surface area contributed by atoms with Gasteiger partial charge in [0.2, 0.25) is 5.69 Å². The van der Waals surface area contributed by atoms with Gasteiger partial charge in [-0.1, -0.05) is 37.3 Å². The fourth-order valence-corrected chi connectivity index (χ4v) is 3.59. The summed E-state index contributed by atoms with van der Waals surface area (Å²) < 4.78 is 30.5. The highest BCUT2D eigenvalue weighted by Gasteiger charge is 2.41. The summed E-state index contributed by atoms with van der Waals surface area (Å²) in [7, 11) is 0. The highest BCUT2D eigenvalue weighted by molar-refractivity contribution is 5.50. The van der Waals surface area contributed by atoms with Crippen LogP contribution in [0.1, 0.15) is 30.6 Å². The van der Waals surface area contributed by atoms with Crippen molar-refractivity contribution in [3.8, 4) is 0 Å². The zero-order valence-electron chi connectivity index (χ0n) is 13.8. The molecular weight excluding hydrogens is 308 g/mol. The van der Waals surface area contributed by atoms with Gasteiger partial charge in [-0.25, -0.2) is 13.6 Å². The van der Waals surface area contributed by atoms with Crippen molar-refractivity contribution in [3.05, 3.63) is 65.3 Å². The van der Waals surface area contributed by atoms with Gasteiger partial charge in [0.05, 0.1) is 19.2 Å². The molecule has 1 aromatic carbocycles. The summed E-state index contributed by atoms with van der Waals surface area (Å²) in [4.78, 5) is 5.33. The summed E-state index contributed by atoms with van der Waals surface area (Å²) in [6.07, 6.45) is 2.29. The van der Waals surface area contributed by atoms with E-state index >= 15 is 0 Å². The summed E-state index contributed by atoms with van der Waals surface area (Å²) in [6.45, 7) is 10.1. The third-order valence-electron chi connectivity index (χ3n) is 4.56. The van der Waals surface area contributed by atoms with Gasteiger partial charge in [-0.05, 0) is 24.2 Å². The van der Waals surface area contributed by atoms with Crippen LogP contribution in [0.25, 0.3) is 4.85 Å². The standard InChI is InChI=1S/C19H21F2N3/c1-3-18-17(22-2)9-10-24(18)16-11-19(20,21)14-23(13-16)12-15-7-5-4-6-8-15/h4-10,16H,3,11-14H2,1H3/t16-/m1/s1. The SMILES string of the molecule is [C-]#[N+]c1ccn([C@H]2CN(Cc3ccccc3)CC(F)(F)C2)c1CC. The molecule has 0 unspecified atom stereocenters. The Morgan fingerprint density at radius 2 is 2.00 bits per heavy atom. The van der Waals surface area contributed by atoms with E-state index in [2.05, 4.69) is 4.85 Å². The fourth-order valence-electron chi connectivity index (χ4n) is 3.59. The summed E-state index contributed by atoms with van der Waals surface area (Å²) >= 11 is 0. The number of aromatic nitrogens is 1. The first-order valence-electron chi connectivity index (χ1n) is 8.23. The van der Waals surface area contributed by atoms with Crippen molar-refractivity contribution in [2.75, 3.05) is 13.1 Å². The van der Waals surface area contributed by atoms with E-state index in [0.29, 0.717) is 25.2 Å². The van der Waals surface area contributed by atoms with Crippen molar-refractivity contribution < 1.29 is 8.78 Å². The van der Waals surface area contributed by atoms with Crippen LogP contribution in [-0.2, 0) is 13.0 Å². The summed E-state index contributed by atoms with van der Waals surface area (Å²) in [5, 5.41) is 0. The summed E-state index contributed by atoms with van der Waals surface area (Å²) in [5.41, 5.74) is 2.47. The highest BCUT2D eigenvalue weighted by Crippen LogP contribution is 2.36. The van der Waals surface area contributed by atoms with E-state index in [1.165, 1.54) is 0 Å². The van der Waals surface area contributed by atoms with E-state index in [1.54, 1.807) is 12.3 Å². The first kappa shape index (κ1) is 16.7. The quantitative estimate of drug-likeness (QED) is 0.742. The molecule has 0 amide bonds. The minimum Gasteiger partial charge on any atom is -0.358 e. The lowest BCUT2D eigenvalue weighted by Gasteiger charge is -2.39. The fraction of sp³-hybridized carbons (Fsp3) is 0.421. The zero-order chi connectivity index (χ0) is 17.2. The number of alkyl halides is 2. The number of likely N-dealkylation sites (tertiary alicyclic amines) is 1. The molecule has 1 saturated heterocycles. The topological polar surface area (TPSA) is 12.5 Å². The van der Waals surface area contributed by atoms with E-state index in [0.717, 1.165) is 11.3 Å². The minimum absolute atomic E-state index is 0.169. The van der Waals surface area contributed by atoms with E-state index in [4.69, 9.17) is 6.57 Å². The molecular formula is C19H21F2N3. The molecule has 0 saturated carbocycles. The minimum atomic E-state index is -2.72. The van der Waals surface area contributed by atoms with Crippen molar-refractivity contribution >= 4 is 5.69 Å². The van der Waals surface area contributed by atoms with Gasteiger partial charge in [0.1, 0.15) is 0 Å². The molecule has 126 valence electrons. The Balaban J connectivity index is 1.84. The molecule has 1 aliphatic rings. The number of halogens is 2. The maximum atomic E-state index is 14.3. The van der Waals surface area contributed by atoms with Crippen LogP contribution >= 0.6 is 0 Å². The second kappa shape index (κ2) is 6.74. The third kappa shape index (κ3) is 3.49. The average Bonchev–Trinajstić information content (AvgIpc) is 2.97. The van der Waals surface area contributed by atoms with Gasteiger partial charge in [-0.15, -0.1) is 0 Å². The van der Waals surface area contributed by atoms with Crippen LogP contribution in [0, 0.1) is 6.57 Å². The number of piperidine rings is 1. The van der Waals surface area contributed by atoms with Crippen LogP contribution in [0.3, 0.4) is 0 Å². The molecule has 24 heavy (non-hydrogen) atoms. The van der Waals surface area contributed by atoms with Crippen molar-refractivity contribution in [3.63, 3.8) is 0 Å². The van der Waals surface area contributed by atoms with Gasteiger partial charge >= 0.3 is 0 Å². The molecule has 5 heteroatoms. The maximum absolute atomic E-state index is 14.3. The first-order valence-corrected chi connectivity index (χ1v) is 8.23. The first-order chi connectivity index (χ1) is 11.5. The van der Waals surface area contributed by atoms with Gasteiger partial charge in [0, 0.05) is 25.2 Å². The number of hydrogen-bond acceptors (Lipinski definition) is 1. The van der Waals surface area contributed by atoms with E-state index in [1.807, 2.05) is 46.7 Å². The molecule has 0 bridgehead atoms. The van der Waals surface area contributed by atoms with Crippen molar-refractivity contribution in [2.24, 2.45) is 0 Å². The molecule has 0 N–H and O–H groups in total.